The van der Waals surface area contributed by atoms with Crippen molar-refractivity contribution in [2.75, 3.05) is 13.2 Å². The minimum atomic E-state index is -0.656. The van der Waals surface area contributed by atoms with Crippen molar-refractivity contribution in [1.82, 2.24) is 19.8 Å². The summed E-state index contributed by atoms with van der Waals surface area (Å²) in [5, 5.41) is 12.2. The molecule has 0 saturated carbocycles. The highest BCUT2D eigenvalue weighted by molar-refractivity contribution is 5.96. The summed E-state index contributed by atoms with van der Waals surface area (Å²) in [6, 6.07) is 16.4. The average molecular weight is 474 g/mol. The molecule has 1 aromatic heterocycles. The molecule has 2 amide bonds. The minimum absolute atomic E-state index is 0.0331. The minimum Gasteiger partial charge on any atom is -0.493 e. The van der Waals surface area contributed by atoms with Crippen molar-refractivity contribution in [2.45, 2.75) is 39.1 Å². The van der Waals surface area contributed by atoms with Gasteiger partial charge in [-0.1, -0.05) is 30.3 Å². The molecule has 1 atom stereocenters. The molecule has 0 radical (unpaired) electrons. The van der Waals surface area contributed by atoms with Gasteiger partial charge in [0.25, 0.3) is 0 Å². The predicted octanol–water partition coefficient (Wildman–Crippen LogP) is 3.23. The van der Waals surface area contributed by atoms with Gasteiger partial charge in [0.05, 0.1) is 36.3 Å². The molecule has 9 heteroatoms. The van der Waals surface area contributed by atoms with Crippen molar-refractivity contribution >= 4 is 12.0 Å². The molecule has 0 aliphatic carbocycles. The maximum Gasteiger partial charge on any atom is 0.416 e. The maximum atomic E-state index is 12.8. The number of nitrogens with zero attached hydrogens (tertiary/aromatic N) is 4. The van der Waals surface area contributed by atoms with Gasteiger partial charge in [-0.3, -0.25) is 4.79 Å². The fourth-order valence-corrected chi connectivity index (χ4v) is 3.93. The lowest BCUT2D eigenvalue weighted by atomic mass is 10.1. The second kappa shape index (κ2) is 11.3. The Morgan fingerprint density at radius 1 is 1.23 bits per heavy atom. The van der Waals surface area contributed by atoms with E-state index in [-0.39, 0.29) is 12.5 Å². The van der Waals surface area contributed by atoms with Gasteiger partial charge in [0.15, 0.2) is 0 Å². The zero-order valence-corrected chi connectivity index (χ0v) is 19.5. The van der Waals surface area contributed by atoms with Crippen LogP contribution in [0.25, 0.3) is 0 Å². The number of rotatable bonds is 9. The third kappa shape index (κ3) is 5.86. The molecule has 2 aromatic carbocycles. The molecule has 9 nitrogen and oxygen atoms in total. The smallest absolute Gasteiger partial charge is 0.416 e. The number of amides is 2. The Bertz CT molecular complexity index is 1210. The maximum absolute atomic E-state index is 12.8. The second-order valence-corrected chi connectivity index (χ2v) is 8.13. The molecule has 1 aliphatic rings. The zero-order chi connectivity index (χ0) is 24.6. The zero-order valence-electron chi connectivity index (χ0n) is 19.5. The van der Waals surface area contributed by atoms with Crippen molar-refractivity contribution in [1.29, 1.82) is 5.26 Å². The SMILES string of the molecule is CCOc1ccccc1COC(=O)N1CC[C@H](NCc2cncn2Cc2ccc(C#N)cc2)C1=O. The monoisotopic (exact) mass is 473 g/mol. The number of carbonyl (C=O) groups excluding carboxylic acids is 2. The van der Waals surface area contributed by atoms with Crippen LogP contribution in [-0.2, 0) is 29.2 Å². The van der Waals surface area contributed by atoms with Crippen LogP contribution in [0.2, 0.25) is 0 Å². The van der Waals surface area contributed by atoms with Gasteiger partial charge in [0, 0.05) is 31.4 Å². The molecule has 1 N–H and O–H groups in total. The molecule has 0 spiro atoms. The molecule has 3 aromatic rings. The highest BCUT2D eigenvalue weighted by atomic mass is 16.6. The van der Waals surface area contributed by atoms with E-state index in [2.05, 4.69) is 16.4 Å². The van der Waals surface area contributed by atoms with Crippen molar-refractivity contribution < 1.29 is 19.1 Å². The van der Waals surface area contributed by atoms with Gasteiger partial charge in [-0.25, -0.2) is 14.7 Å². The largest absolute Gasteiger partial charge is 0.493 e. The van der Waals surface area contributed by atoms with Crippen molar-refractivity contribution in [3.05, 3.63) is 83.4 Å². The number of aromatic nitrogens is 2. The number of benzene rings is 2. The Morgan fingerprint density at radius 3 is 2.80 bits per heavy atom. The van der Waals surface area contributed by atoms with Crippen LogP contribution in [-0.4, -0.2) is 45.6 Å². The fourth-order valence-electron chi connectivity index (χ4n) is 3.93. The fraction of sp³-hybridized carbons (Fsp3) is 0.308. The number of hydrogen-bond acceptors (Lipinski definition) is 7. The standard InChI is InChI=1S/C26H27N5O4/c1-2-34-24-6-4-3-5-21(24)17-35-26(33)31-12-11-23(25(31)32)29-15-22-14-28-18-30(22)16-20-9-7-19(13-27)8-10-20/h3-10,14,18,23,29H,2,11-12,15-17H2,1H3/t23-/m0/s1. The summed E-state index contributed by atoms with van der Waals surface area (Å²) in [6.45, 7) is 3.76. The lowest BCUT2D eigenvalue weighted by molar-refractivity contribution is -0.128. The van der Waals surface area contributed by atoms with Crippen molar-refractivity contribution in [3.63, 3.8) is 0 Å². The van der Waals surface area contributed by atoms with Crippen LogP contribution in [0.15, 0.2) is 61.1 Å². The number of ether oxygens (including phenoxy) is 2. The highest BCUT2D eigenvalue weighted by Gasteiger charge is 2.36. The lowest BCUT2D eigenvalue weighted by Gasteiger charge is -2.17. The number of imide groups is 1. The molecule has 1 fully saturated rings. The first kappa shape index (κ1) is 24.0. The molecule has 1 aliphatic heterocycles. The van der Waals surface area contributed by atoms with Gasteiger partial charge in [-0.2, -0.15) is 5.26 Å². The van der Waals surface area contributed by atoms with Crippen LogP contribution >= 0.6 is 0 Å². The molecule has 2 heterocycles. The van der Waals surface area contributed by atoms with E-state index >= 15 is 0 Å². The summed E-state index contributed by atoms with van der Waals surface area (Å²) in [5.74, 6) is 0.360. The highest BCUT2D eigenvalue weighted by Crippen LogP contribution is 2.20. The number of imidazole rings is 1. The van der Waals surface area contributed by atoms with Crippen LogP contribution < -0.4 is 10.1 Å². The summed E-state index contributed by atoms with van der Waals surface area (Å²) in [4.78, 5) is 30.7. The van der Waals surface area contributed by atoms with E-state index < -0.39 is 12.1 Å². The first-order valence-electron chi connectivity index (χ1n) is 11.5. The molecule has 180 valence electrons. The Balaban J connectivity index is 1.29. The third-order valence-electron chi connectivity index (χ3n) is 5.81. The number of likely N-dealkylation sites (tertiary alicyclic amines) is 1. The quantitative estimate of drug-likeness (QED) is 0.508. The van der Waals surface area contributed by atoms with Crippen LogP contribution in [0, 0.1) is 11.3 Å². The third-order valence-corrected chi connectivity index (χ3v) is 5.81. The van der Waals surface area contributed by atoms with Gasteiger partial charge >= 0.3 is 6.09 Å². The van der Waals surface area contributed by atoms with Gasteiger partial charge in [-0.05, 0) is 37.1 Å². The Labute approximate surface area is 203 Å². The number of nitrogens with one attached hydrogen (secondary N) is 1. The molecule has 0 bridgehead atoms. The normalized spacial score (nSPS) is 15.1. The predicted molar refractivity (Wildman–Crippen MR) is 127 cm³/mol. The van der Waals surface area contributed by atoms with E-state index in [1.165, 1.54) is 0 Å². The first-order chi connectivity index (χ1) is 17.1. The summed E-state index contributed by atoms with van der Waals surface area (Å²) in [5.41, 5.74) is 3.32. The second-order valence-electron chi connectivity index (χ2n) is 8.13. The van der Waals surface area contributed by atoms with Gasteiger partial charge in [0.2, 0.25) is 5.91 Å². The number of nitriles is 1. The molecule has 35 heavy (non-hydrogen) atoms. The van der Waals surface area contributed by atoms with E-state index in [9.17, 15) is 9.59 Å². The number of hydrogen-bond donors (Lipinski definition) is 1. The van der Waals surface area contributed by atoms with Gasteiger partial charge in [0.1, 0.15) is 12.4 Å². The van der Waals surface area contributed by atoms with Crippen LogP contribution in [0.5, 0.6) is 5.75 Å². The summed E-state index contributed by atoms with van der Waals surface area (Å²) >= 11 is 0. The van der Waals surface area contributed by atoms with Crippen molar-refractivity contribution in [2.24, 2.45) is 0 Å². The van der Waals surface area contributed by atoms with Crippen LogP contribution in [0.4, 0.5) is 4.79 Å². The van der Waals surface area contributed by atoms with Gasteiger partial charge in [-0.15, -0.1) is 0 Å². The van der Waals surface area contributed by atoms with Crippen LogP contribution in [0.1, 0.15) is 35.7 Å². The molecular weight excluding hydrogens is 446 g/mol. The topological polar surface area (TPSA) is 109 Å². The summed E-state index contributed by atoms with van der Waals surface area (Å²) in [6.07, 6.45) is 3.33. The molecule has 1 saturated heterocycles. The summed E-state index contributed by atoms with van der Waals surface area (Å²) < 4.78 is 12.9. The van der Waals surface area contributed by atoms with E-state index in [0.717, 1.165) is 21.7 Å². The first-order valence-corrected chi connectivity index (χ1v) is 11.5. The Kier molecular flexibility index (Phi) is 7.75. The van der Waals surface area contributed by atoms with Crippen LogP contribution in [0.3, 0.4) is 0 Å². The molecule has 4 rings (SSSR count). The summed E-state index contributed by atoms with van der Waals surface area (Å²) in [7, 11) is 0. The van der Waals surface area contributed by atoms with Gasteiger partial charge < -0.3 is 19.4 Å². The van der Waals surface area contributed by atoms with E-state index in [1.807, 2.05) is 47.9 Å². The molecular formula is C26H27N5O4. The van der Waals surface area contributed by atoms with E-state index in [0.29, 0.717) is 44.0 Å². The number of para-hydroxylation sites is 1. The average Bonchev–Trinajstić information content (AvgIpc) is 3.48. The Hall–Kier alpha value is -4.16. The molecule has 0 unspecified atom stereocenters. The number of carbonyl (C=O) groups is 2. The van der Waals surface area contributed by atoms with E-state index in [1.54, 1.807) is 24.7 Å². The Morgan fingerprint density at radius 2 is 2.03 bits per heavy atom. The lowest BCUT2D eigenvalue weighted by Crippen LogP contribution is -2.41. The van der Waals surface area contributed by atoms with E-state index in [4.69, 9.17) is 14.7 Å². The van der Waals surface area contributed by atoms with Crippen molar-refractivity contribution in [3.8, 4) is 11.8 Å².